The predicted molar refractivity (Wildman–Crippen MR) is 116 cm³/mol. The molecule has 30 heavy (non-hydrogen) atoms. The summed E-state index contributed by atoms with van der Waals surface area (Å²) < 4.78 is 31.0. The first kappa shape index (κ1) is 21.2. The van der Waals surface area contributed by atoms with Gasteiger partial charge < -0.3 is 5.32 Å². The summed E-state index contributed by atoms with van der Waals surface area (Å²) in [5.74, 6) is 2.51. The third kappa shape index (κ3) is 5.00. The van der Waals surface area contributed by atoms with E-state index in [-0.39, 0.29) is 10.9 Å². The fourth-order valence-corrected chi connectivity index (χ4v) is 6.09. The molecule has 4 rings (SSSR count). The highest BCUT2D eigenvalue weighted by molar-refractivity contribution is 7.89. The Morgan fingerprint density at radius 2 is 2.00 bits per heavy atom. The van der Waals surface area contributed by atoms with Gasteiger partial charge in [-0.05, 0) is 43.2 Å². The van der Waals surface area contributed by atoms with Gasteiger partial charge in [-0.25, -0.2) is 23.1 Å². The molecule has 0 radical (unpaired) electrons. The van der Waals surface area contributed by atoms with Crippen LogP contribution in [-0.4, -0.2) is 40.8 Å². The fourth-order valence-electron chi connectivity index (χ4n) is 4.58. The molecule has 0 aromatic carbocycles. The van der Waals surface area contributed by atoms with E-state index < -0.39 is 10.0 Å². The summed E-state index contributed by atoms with van der Waals surface area (Å²) >= 11 is 0. The number of rotatable bonds is 9. The molecule has 2 aliphatic carbocycles. The molecular formula is C21H32N6O2S. The first-order valence-corrected chi connectivity index (χ1v) is 12.5. The van der Waals surface area contributed by atoms with Crippen LogP contribution in [0.4, 0.5) is 5.82 Å². The Bertz CT molecular complexity index is 968. The smallest absolute Gasteiger partial charge is 0.244 e. The zero-order chi connectivity index (χ0) is 21.1. The van der Waals surface area contributed by atoms with Crippen LogP contribution < -0.4 is 10.0 Å². The number of sulfonamides is 1. The largest absolute Gasteiger partial charge is 0.369 e. The van der Waals surface area contributed by atoms with Crippen LogP contribution in [0.5, 0.6) is 0 Å². The van der Waals surface area contributed by atoms with Crippen molar-refractivity contribution in [2.75, 3.05) is 11.9 Å². The monoisotopic (exact) mass is 432 g/mol. The molecule has 0 aliphatic heterocycles. The van der Waals surface area contributed by atoms with E-state index in [0.717, 1.165) is 30.7 Å². The number of aromatic nitrogens is 4. The minimum absolute atomic E-state index is 0.0716. The van der Waals surface area contributed by atoms with E-state index in [0.29, 0.717) is 24.2 Å². The molecule has 2 aromatic rings. The van der Waals surface area contributed by atoms with Gasteiger partial charge in [0.25, 0.3) is 0 Å². The Morgan fingerprint density at radius 1 is 1.20 bits per heavy atom. The zero-order valence-corrected chi connectivity index (χ0v) is 18.7. The molecule has 2 atom stereocenters. The quantitative estimate of drug-likeness (QED) is 0.591. The van der Waals surface area contributed by atoms with Gasteiger partial charge in [0.05, 0.1) is 0 Å². The molecule has 0 spiro atoms. The van der Waals surface area contributed by atoms with Crippen LogP contribution in [0.2, 0.25) is 0 Å². The highest BCUT2D eigenvalue weighted by atomic mass is 32.2. The molecule has 2 aliphatic rings. The highest BCUT2D eigenvalue weighted by Gasteiger charge is 2.45. The summed E-state index contributed by atoms with van der Waals surface area (Å²) in [6.07, 6.45) is 12.1. The van der Waals surface area contributed by atoms with Gasteiger partial charge in [-0.2, -0.15) is 5.10 Å². The minimum atomic E-state index is -3.61. The molecule has 0 unspecified atom stereocenters. The Labute approximate surface area is 178 Å². The van der Waals surface area contributed by atoms with Gasteiger partial charge in [-0.1, -0.05) is 32.1 Å². The average molecular weight is 433 g/mol. The maximum atomic E-state index is 13.1. The van der Waals surface area contributed by atoms with Gasteiger partial charge >= 0.3 is 0 Å². The second-order valence-electron chi connectivity index (χ2n) is 8.72. The number of nitrogens with one attached hydrogen (secondary N) is 2. The van der Waals surface area contributed by atoms with Crippen LogP contribution >= 0.6 is 0 Å². The van der Waals surface area contributed by atoms with E-state index in [2.05, 4.69) is 25.1 Å². The van der Waals surface area contributed by atoms with Crippen molar-refractivity contribution in [3.05, 3.63) is 30.0 Å². The Morgan fingerprint density at radius 3 is 2.73 bits per heavy atom. The first-order chi connectivity index (χ1) is 14.4. The summed E-state index contributed by atoms with van der Waals surface area (Å²) in [4.78, 5) is 8.83. The van der Waals surface area contributed by atoms with Crippen molar-refractivity contribution >= 4 is 15.8 Å². The van der Waals surface area contributed by atoms with E-state index >= 15 is 0 Å². The third-order valence-corrected chi connectivity index (χ3v) is 7.86. The van der Waals surface area contributed by atoms with Gasteiger partial charge in [-0.15, -0.1) is 0 Å². The number of hydrogen-bond acceptors (Lipinski definition) is 6. The molecule has 2 saturated carbocycles. The molecule has 2 aromatic heterocycles. The van der Waals surface area contributed by atoms with Crippen molar-refractivity contribution in [1.29, 1.82) is 0 Å². The van der Waals surface area contributed by atoms with Crippen molar-refractivity contribution in [2.24, 2.45) is 18.9 Å². The molecule has 164 valence electrons. The lowest BCUT2D eigenvalue weighted by Gasteiger charge is -2.21. The van der Waals surface area contributed by atoms with Crippen LogP contribution in [0, 0.1) is 18.8 Å². The first-order valence-electron chi connectivity index (χ1n) is 11.0. The summed E-state index contributed by atoms with van der Waals surface area (Å²) in [5, 5.41) is 7.28. The summed E-state index contributed by atoms with van der Waals surface area (Å²) in [6, 6.07) is 1.78. The van der Waals surface area contributed by atoms with E-state index in [9.17, 15) is 8.42 Å². The summed E-state index contributed by atoms with van der Waals surface area (Å²) in [7, 11) is -1.74. The van der Waals surface area contributed by atoms with Gasteiger partial charge in [0, 0.05) is 32.3 Å². The van der Waals surface area contributed by atoms with Gasteiger partial charge in [0.1, 0.15) is 22.9 Å². The number of hydrogen-bond donors (Lipinski definition) is 2. The molecule has 2 heterocycles. The molecule has 0 bridgehead atoms. The number of nitrogens with zero attached hydrogens (tertiary/aromatic N) is 4. The predicted octanol–water partition coefficient (Wildman–Crippen LogP) is 2.81. The maximum Gasteiger partial charge on any atom is 0.244 e. The van der Waals surface area contributed by atoms with E-state index in [1.165, 1.54) is 32.1 Å². The zero-order valence-electron chi connectivity index (χ0n) is 17.8. The molecule has 0 saturated heterocycles. The minimum Gasteiger partial charge on any atom is -0.369 e. The van der Waals surface area contributed by atoms with Gasteiger partial charge in [0.15, 0.2) is 0 Å². The Kier molecular flexibility index (Phi) is 6.38. The molecule has 8 nitrogen and oxygen atoms in total. The van der Waals surface area contributed by atoms with Crippen LogP contribution in [0.15, 0.2) is 23.5 Å². The van der Waals surface area contributed by atoms with Crippen LogP contribution in [0.1, 0.15) is 56.3 Å². The van der Waals surface area contributed by atoms with Crippen molar-refractivity contribution < 1.29 is 8.42 Å². The molecular weight excluding hydrogens is 400 g/mol. The second-order valence-corrected chi connectivity index (χ2v) is 10.4. The maximum absolute atomic E-state index is 13.1. The summed E-state index contributed by atoms with van der Waals surface area (Å²) in [6.45, 7) is 2.48. The average Bonchev–Trinajstić information content (AvgIpc) is 3.37. The fraction of sp³-hybridized carbons (Fsp3) is 0.667. The Hall–Kier alpha value is -2.00. The van der Waals surface area contributed by atoms with Crippen LogP contribution in [0.3, 0.4) is 0 Å². The number of pyridine rings is 1. The Balaban J connectivity index is 1.37. The lowest BCUT2D eigenvalue weighted by Crippen LogP contribution is -2.29. The lowest BCUT2D eigenvalue weighted by molar-refractivity contribution is 0.316. The van der Waals surface area contributed by atoms with Crippen molar-refractivity contribution in [2.45, 2.75) is 69.2 Å². The van der Waals surface area contributed by atoms with Gasteiger partial charge in [-0.3, -0.25) is 4.68 Å². The van der Waals surface area contributed by atoms with Crippen molar-refractivity contribution in [3.8, 4) is 0 Å². The van der Waals surface area contributed by atoms with Crippen LogP contribution in [0.25, 0.3) is 0 Å². The molecule has 0 amide bonds. The van der Waals surface area contributed by atoms with E-state index in [1.807, 2.05) is 14.0 Å². The standard InChI is InChI=1S/C21H32N6O2S/c1-15-11-19(21(23-13-15)22-10-6-9-20-24-14-25-27(20)2)30(28,29)26-18-12-17(18)16-7-4-3-5-8-16/h11,13-14,16-18,26H,3-10,12H2,1-2H3,(H,22,23)/t17-,18+/m0/s1. The van der Waals surface area contributed by atoms with Crippen molar-refractivity contribution in [3.63, 3.8) is 0 Å². The lowest BCUT2D eigenvalue weighted by atomic mass is 9.86. The second kappa shape index (κ2) is 9.01. The van der Waals surface area contributed by atoms with E-state index in [4.69, 9.17) is 0 Å². The SMILES string of the molecule is Cc1cnc(NCCCc2ncnn2C)c(S(=O)(=O)N[C@@H]2C[C@H]2C2CCCCC2)c1. The highest BCUT2D eigenvalue weighted by Crippen LogP contribution is 2.45. The topological polar surface area (TPSA) is 102 Å². The number of aryl methyl sites for hydroxylation is 3. The molecule has 9 heteroatoms. The molecule has 2 N–H and O–H groups in total. The van der Waals surface area contributed by atoms with Crippen molar-refractivity contribution in [1.82, 2.24) is 24.5 Å². The summed E-state index contributed by atoms with van der Waals surface area (Å²) in [5.41, 5.74) is 0.833. The normalized spacial score (nSPS) is 22.2. The number of anilines is 1. The third-order valence-electron chi connectivity index (χ3n) is 6.36. The van der Waals surface area contributed by atoms with E-state index in [1.54, 1.807) is 23.3 Å². The van der Waals surface area contributed by atoms with Crippen LogP contribution in [-0.2, 0) is 23.5 Å². The molecule has 2 fully saturated rings. The van der Waals surface area contributed by atoms with Gasteiger partial charge in [0.2, 0.25) is 10.0 Å².